The van der Waals surface area contributed by atoms with Crippen molar-refractivity contribution < 1.29 is 17.9 Å². The number of methoxy groups -OCH3 is 1. The monoisotopic (exact) mass is 253 g/mol. The number of alkyl halides is 2. The molecule has 6 heteroatoms. The molecule has 0 saturated heterocycles. The average molecular weight is 254 g/mol. The maximum absolute atomic E-state index is 13.2. The van der Waals surface area contributed by atoms with Crippen LogP contribution < -0.4 is 10.5 Å². The Bertz CT molecular complexity index is 373. The number of hydrogen-bond acceptors (Lipinski definition) is 2. The van der Waals surface area contributed by atoms with Gasteiger partial charge in [-0.25, -0.2) is 13.2 Å². The summed E-state index contributed by atoms with van der Waals surface area (Å²) in [5, 5.41) is -0.366. The minimum Gasteiger partial charge on any atom is -0.496 e. The van der Waals surface area contributed by atoms with E-state index < -0.39 is 18.2 Å². The lowest BCUT2D eigenvalue weighted by Crippen LogP contribution is -2.21. The van der Waals surface area contributed by atoms with Crippen LogP contribution in [0.2, 0.25) is 5.02 Å². The molecule has 0 spiro atoms. The molecule has 2 nitrogen and oxygen atoms in total. The van der Waals surface area contributed by atoms with Crippen molar-refractivity contribution in [2.45, 2.75) is 12.3 Å². The molecule has 0 aliphatic heterocycles. The fourth-order valence-electron chi connectivity index (χ4n) is 1.42. The number of ether oxygens (including phenoxy) is 1. The van der Waals surface area contributed by atoms with Gasteiger partial charge in [-0.05, 0) is 12.1 Å². The largest absolute Gasteiger partial charge is 0.496 e. The van der Waals surface area contributed by atoms with E-state index in [1.807, 2.05) is 0 Å². The highest BCUT2D eigenvalue weighted by Gasteiger charge is 2.28. The van der Waals surface area contributed by atoms with Gasteiger partial charge in [-0.2, -0.15) is 0 Å². The maximum Gasteiger partial charge on any atom is 0.246 e. The molecule has 0 fully saturated rings. The van der Waals surface area contributed by atoms with Crippen LogP contribution in [0.1, 0.15) is 11.5 Å². The van der Waals surface area contributed by atoms with Crippen LogP contribution in [0.25, 0.3) is 0 Å². The lowest BCUT2D eigenvalue weighted by Gasteiger charge is -2.19. The molecular formula is C10H11ClF3NO. The molecule has 0 aliphatic rings. The lowest BCUT2D eigenvalue weighted by atomic mass is 9.98. The van der Waals surface area contributed by atoms with Crippen LogP contribution >= 0.6 is 11.6 Å². The number of rotatable bonds is 4. The smallest absolute Gasteiger partial charge is 0.246 e. The summed E-state index contributed by atoms with van der Waals surface area (Å²) in [6, 6.07) is 2.31. The molecule has 2 N–H and O–H groups in total. The first-order valence-electron chi connectivity index (χ1n) is 4.53. The summed E-state index contributed by atoms with van der Waals surface area (Å²) in [6.07, 6.45) is -2.72. The second-order valence-corrected chi connectivity index (χ2v) is 3.53. The molecule has 0 radical (unpaired) electrons. The summed E-state index contributed by atoms with van der Waals surface area (Å²) in [4.78, 5) is 0. The van der Waals surface area contributed by atoms with Gasteiger partial charge in [0.1, 0.15) is 11.6 Å². The van der Waals surface area contributed by atoms with Gasteiger partial charge in [0.05, 0.1) is 18.1 Å². The fourth-order valence-corrected chi connectivity index (χ4v) is 1.72. The third-order valence-corrected chi connectivity index (χ3v) is 2.63. The standard InChI is InChI=1S/C10H11ClF3NO/c1-16-7-3-2-6(12)9(11)8(7)5(4-15)10(13)14/h2-3,5,10H,4,15H2,1H3. The van der Waals surface area contributed by atoms with Crippen molar-refractivity contribution in [3.05, 3.63) is 28.5 Å². The van der Waals surface area contributed by atoms with E-state index >= 15 is 0 Å². The highest BCUT2D eigenvalue weighted by molar-refractivity contribution is 6.31. The second-order valence-electron chi connectivity index (χ2n) is 3.15. The molecule has 90 valence electrons. The maximum atomic E-state index is 13.2. The predicted octanol–water partition coefficient (Wildman–Crippen LogP) is 2.80. The lowest BCUT2D eigenvalue weighted by molar-refractivity contribution is 0.115. The van der Waals surface area contributed by atoms with Gasteiger partial charge in [-0.3, -0.25) is 0 Å². The van der Waals surface area contributed by atoms with Crippen molar-refractivity contribution >= 4 is 11.6 Å². The normalized spacial score (nSPS) is 12.9. The minimum absolute atomic E-state index is 0.0818. The van der Waals surface area contributed by atoms with Crippen molar-refractivity contribution in [3.8, 4) is 5.75 Å². The molecule has 1 atom stereocenters. The van der Waals surface area contributed by atoms with E-state index in [0.717, 1.165) is 6.07 Å². The molecule has 1 aromatic rings. The van der Waals surface area contributed by atoms with Crippen molar-refractivity contribution in [2.75, 3.05) is 13.7 Å². The Morgan fingerprint density at radius 1 is 1.44 bits per heavy atom. The molecule has 1 aromatic carbocycles. The van der Waals surface area contributed by atoms with E-state index in [2.05, 4.69) is 0 Å². The minimum atomic E-state index is -2.72. The van der Waals surface area contributed by atoms with Gasteiger partial charge in [-0.15, -0.1) is 0 Å². The van der Waals surface area contributed by atoms with Crippen LogP contribution in [0.15, 0.2) is 12.1 Å². The van der Waals surface area contributed by atoms with E-state index in [1.54, 1.807) is 0 Å². The topological polar surface area (TPSA) is 35.2 Å². The van der Waals surface area contributed by atoms with Gasteiger partial charge >= 0.3 is 0 Å². The summed E-state index contributed by atoms with van der Waals surface area (Å²) in [7, 11) is 1.30. The van der Waals surface area contributed by atoms with Crippen molar-refractivity contribution in [3.63, 3.8) is 0 Å². The van der Waals surface area contributed by atoms with Crippen LogP contribution in [-0.4, -0.2) is 20.1 Å². The zero-order valence-corrected chi connectivity index (χ0v) is 9.27. The first-order valence-corrected chi connectivity index (χ1v) is 4.90. The Labute approximate surface area is 96.1 Å². The number of nitrogens with two attached hydrogens (primary N) is 1. The van der Waals surface area contributed by atoms with Crippen LogP contribution in [0, 0.1) is 5.82 Å². The number of benzene rings is 1. The third kappa shape index (κ3) is 2.41. The molecule has 16 heavy (non-hydrogen) atoms. The highest BCUT2D eigenvalue weighted by atomic mass is 35.5. The molecule has 0 aliphatic carbocycles. The van der Waals surface area contributed by atoms with Crippen LogP contribution in [-0.2, 0) is 0 Å². The van der Waals surface area contributed by atoms with Gasteiger partial charge in [0.2, 0.25) is 6.43 Å². The van der Waals surface area contributed by atoms with Gasteiger partial charge in [-0.1, -0.05) is 11.6 Å². The van der Waals surface area contributed by atoms with E-state index in [-0.39, 0.29) is 22.9 Å². The van der Waals surface area contributed by atoms with Crippen LogP contribution in [0.5, 0.6) is 5.75 Å². The zero-order valence-electron chi connectivity index (χ0n) is 8.51. The summed E-state index contributed by atoms with van der Waals surface area (Å²) in [6.45, 7) is -0.336. The van der Waals surface area contributed by atoms with Gasteiger partial charge in [0.25, 0.3) is 0 Å². The molecule has 1 unspecified atom stereocenters. The zero-order chi connectivity index (χ0) is 12.3. The quantitative estimate of drug-likeness (QED) is 0.896. The Morgan fingerprint density at radius 2 is 2.06 bits per heavy atom. The fraction of sp³-hybridized carbons (Fsp3) is 0.400. The predicted molar refractivity (Wildman–Crippen MR) is 55.8 cm³/mol. The Morgan fingerprint density at radius 3 is 2.50 bits per heavy atom. The van der Waals surface area contributed by atoms with Gasteiger partial charge in [0, 0.05) is 12.1 Å². The molecule has 0 aromatic heterocycles. The van der Waals surface area contributed by atoms with Gasteiger partial charge in [0.15, 0.2) is 0 Å². The van der Waals surface area contributed by atoms with Crippen LogP contribution in [0.3, 0.4) is 0 Å². The van der Waals surface area contributed by atoms with E-state index in [0.29, 0.717) is 0 Å². The second kappa shape index (κ2) is 5.41. The average Bonchev–Trinajstić information content (AvgIpc) is 2.25. The SMILES string of the molecule is COc1ccc(F)c(Cl)c1C(CN)C(F)F. The number of halogens is 4. The van der Waals surface area contributed by atoms with E-state index in [4.69, 9.17) is 22.1 Å². The van der Waals surface area contributed by atoms with Crippen LogP contribution in [0.4, 0.5) is 13.2 Å². The molecule has 1 rings (SSSR count). The van der Waals surface area contributed by atoms with Gasteiger partial charge < -0.3 is 10.5 Å². The first kappa shape index (κ1) is 13.1. The van der Waals surface area contributed by atoms with Crippen molar-refractivity contribution in [1.29, 1.82) is 0 Å². The van der Waals surface area contributed by atoms with Crippen molar-refractivity contribution in [1.82, 2.24) is 0 Å². The molecule has 0 heterocycles. The summed E-state index contributed by atoms with van der Waals surface area (Å²) >= 11 is 5.65. The van der Waals surface area contributed by atoms with E-state index in [9.17, 15) is 13.2 Å². The first-order chi connectivity index (χ1) is 7.52. The Balaban J connectivity index is 3.32. The highest BCUT2D eigenvalue weighted by Crippen LogP contribution is 2.37. The number of hydrogen-bond donors (Lipinski definition) is 1. The summed E-state index contributed by atoms with van der Waals surface area (Å²) in [5.74, 6) is -1.99. The summed E-state index contributed by atoms with van der Waals surface area (Å²) < 4.78 is 43.4. The third-order valence-electron chi connectivity index (χ3n) is 2.24. The van der Waals surface area contributed by atoms with Crippen molar-refractivity contribution in [2.24, 2.45) is 5.73 Å². The Kier molecular flexibility index (Phi) is 4.44. The molecule has 0 bridgehead atoms. The Hall–Kier alpha value is -0.940. The molecular weight excluding hydrogens is 243 g/mol. The molecule has 0 saturated carbocycles. The van der Waals surface area contributed by atoms with E-state index in [1.165, 1.54) is 13.2 Å². The summed E-state index contributed by atoms with van der Waals surface area (Å²) in [5.41, 5.74) is 5.15. The molecule has 0 amide bonds.